The predicted octanol–water partition coefficient (Wildman–Crippen LogP) is 4.08. The summed E-state index contributed by atoms with van der Waals surface area (Å²) in [7, 11) is 0. The number of benzene rings is 1. The number of rotatable bonds is 6. The van der Waals surface area contributed by atoms with Gasteiger partial charge in [-0.05, 0) is 44.7 Å². The highest BCUT2D eigenvalue weighted by molar-refractivity contribution is 6.33. The molecule has 0 bridgehead atoms. The van der Waals surface area contributed by atoms with Gasteiger partial charge in [0.25, 0.3) is 5.91 Å². The third kappa shape index (κ3) is 4.73. The monoisotopic (exact) mass is 403 g/mol. The Balaban J connectivity index is 1.62. The number of amides is 1. The number of hydrogen-bond acceptors (Lipinski definition) is 4. The number of ether oxygens (including phenoxy) is 1. The van der Waals surface area contributed by atoms with E-state index in [0.717, 1.165) is 18.5 Å². The minimum Gasteiger partial charge on any atom is -0.449 e. The maximum atomic E-state index is 12.6. The highest BCUT2D eigenvalue weighted by Crippen LogP contribution is 2.25. The van der Waals surface area contributed by atoms with Crippen molar-refractivity contribution < 1.29 is 14.3 Å². The highest BCUT2D eigenvalue weighted by Gasteiger charge is 2.26. The second-order valence-corrected chi connectivity index (χ2v) is 7.65. The fourth-order valence-electron chi connectivity index (χ4n) is 3.52. The largest absolute Gasteiger partial charge is 0.449 e. The van der Waals surface area contributed by atoms with Gasteiger partial charge in [0.15, 0.2) is 6.10 Å². The van der Waals surface area contributed by atoms with E-state index in [2.05, 4.69) is 10.4 Å². The van der Waals surface area contributed by atoms with Crippen LogP contribution in [0.2, 0.25) is 5.15 Å². The van der Waals surface area contributed by atoms with Crippen molar-refractivity contribution >= 4 is 23.5 Å². The molecule has 0 radical (unpaired) electrons. The summed E-state index contributed by atoms with van der Waals surface area (Å²) in [5.41, 5.74) is 1.37. The Morgan fingerprint density at radius 1 is 1.25 bits per heavy atom. The van der Waals surface area contributed by atoms with Gasteiger partial charge in [0.2, 0.25) is 0 Å². The summed E-state index contributed by atoms with van der Waals surface area (Å²) in [4.78, 5) is 24.9. The van der Waals surface area contributed by atoms with Crippen molar-refractivity contribution in [3.05, 3.63) is 46.7 Å². The Bertz CT molecular complexity index is 829. The van der Waals surface area contributed by atoms with Gasteiger partial charge in [0.05, 0.1) is 11.4 Å². The van der Waals surface area contributed by atoms with E-state index in [4.69, 9.17) is 16.3 Å². The van der Waals surface area contributed by atoms with E-state index in [1.165, 1.54) is 23.9 Å². The molecule has 1 aliphatic carbocycles. The summed E-state index contributed by atoms with van der Waals surface area (Å²) in [5, 5.41) is 7.40. The molecule has 1 fully saturated rings. The van der Waals surface area contributed by atoms with Crippen LogP contribution in [0.15, 0.2) is 30.3 Å². The zero-order valence-electron chi connectivity index (χ0n) is 16.3. The van der Waals surface area contributed by atoms with Crippen LogP contribution < -0.4 is 5.32 Å². The van der Waals surface area contributed by atoms with Gasteiger partial charge in [-0.2, -0.15) is 5.10 Å². The van der Waals surface area contributed by atoms with Crippen LogP contribution in [0, 0.1) is 12.8 Å². The Morgan fingerprint density at radius 3 is 2.61 bits per heavy atom. The van der Waals surface area contributed by atoms with E-state index >= 15 is 0 Å². The SMILES string of the molecule is Cc1nn(-c2ccccc2)c(Cl)c1C(=O)OC(C)C(=O)NCC1CCCCC1. The molecule has 1 unspecified atom stereocenters. The van der Waals surface area contributed by atoms with Crippen molar-refractivity contribution in [2.75, 3.05) is 6.54 Å². The van der Waals surface area contributed by atoms with Crippen LogP contribution in [0.4, 0.5) is 0 Å². The Kier molecular flexibility index (Phi) is 6.73. The lowest BCUT2D eigenvalue weighted by atomic mass is 9.89. The fourth-order valence-corrected chi connectivity index (χ4v) is 3.87. The first-order valence-electron chi connectivity index (χ1n) is 9.76. The van der Waals surface area contributed by atoms with Gasteiger partial charge in [0.1, 0.15) is 10.7 Å². The normalized spacial score (nSPS) is 15.8. The van der Waals surface area contributed by atoms with Gasteiger partial charge in [0, 0.05) is 6.54 Å². The van der Waals surface area contributed by atoms with Gasteiger partial charge in [-0.15, -0.1) is 0 Å². The van der Waals surface area contributed by atoms with E-state index in [0.29, 0.717) is 18.2 Å². The Morgan fingerprint density at radius 2 is 1.93 bits per heavy atom. The molecular formula is C21H26ClN3O3. The number of nitrogens with zero attached hydrogens (tertiary/aromatic N) is 2. The molecule has 1 aromatic heterocycles. The number of para-hydroxylation sites is 1. The topological polar surface area (TPSA) is 73.2 Å². The molecule has 3 rings (SSSR count). The van der Waals surface area contributed by atoms with E-state index in [1.54, 1.807) is 13.8 Å². The maximum Gasteiger partial charge on any atom is 0.344 e. The molecule has 1 heterocycles. The quantitative estimate of drug-likeness (QED) is 0.737. The van der Waals surface area contributed by atoms with Crippen LogP contribution in [-0.4, -0.2) is 34.3 Å². The number of hydrogen-bond donors (Lipinski definition) is 1. The van der Waals surface area contributed by atoms with Crippen molar-refractivity contribution in [3.8, 4) is 5.69 Å². The number of carbonyl (C=O) groups is 2. The van der Waals surface area contributed by atoms with Crippen molar-refractivity contribution in [2.45, 2.75) is 52.1 Å². The summed E-state index contributed by atoms with van der Waals surface area (Å²) in [6, 6.07) is 9.29. The van der Waals surface area contributed by atoms with Gasteiger partial charge >= 0.3 is 5.97 Å². The fraction of sp³-hybridized carbons (Fsp3) is 0.476. The minimum absolute atomic E-state index is 0.170. The average molecular weight is 404 g/mol. The molecule has 1 aromatic carbocycles. The zero-order valence-corrected chi connectivity index (χ0v) is 17.0. The third-order valence-electron chi connectivity index (χ3n) is 5.15. The number of esters is 1. The first kappa shape index (κ1) is 20.4. The molecule has 2 aromatic rings. The molecule has 6 nitrogen and oxygen atoms in total. The van der Waals surface area contributed by atoms with E-state index in [9.17, 15) is 9.59 Å². The van der Waals surface area contributed by atoms with Crippen molar-refractivity contribution in [2.24, 2.45) is 5.92 Å². The van der Waals surface area contributed by atoms with Crippen LogP contribution in [0.5, 0.6) is 0 Å². The molecule has 0 aliphatic heterocycles. The summed E-state index contributed by atoms with van der Waals surface area (Å²) >= 11 is 6.38. The van der Waals surface area contributed by atoms with Crippen LogP contribution in [0.25, 0.3) is 5.69 Å². The molecule has 150 valence electrons. The summed E-state index contributed by atoms with van der Waals surface area (Å²) in [6.45, 7) is 3.89. The smallest absolute Gasteiger partial charge is 0.344 e. The molecule has 1 N–H and O–H groups in total. The minimum atomic E-state index is -0.897. The predicted molar refractivity (Wildman–Crippen MR) is 108 cm³/mol. The molecule has 1 amide bonds. The second kappa shape index (κ2) is 9.24. The summed E-state index contributed by atoms with van der Waals surface area (Å²) in [6.07, 6.45) is 5.09. The average Bonchev–Trinajstić information content (AvgIpc) is 3.01. The lowest BCUT2D eigenvalue weighted by Crippen LogP contribution is -2.38. The number of nitrogens with one attached hydrogen (secondary N) is 1. The number of aryl methyl sites for hydroxylation is 1. The van der Waals surface area contributed by atoms with Gasteiger partial charge in [-0.3, -0.25) is 4.79 Å². The molecule has 0 saturated heterocycles. The van der Waals surface area contributed by atoms with E-state index in [-0.39, 0.29) is 16.6 Å². The first-order chi connectivity index (χ1) is 13.5. The number of carbonyl (C=O) groups excluding carboxylic acids is 2. The third-order valence-corrected chi connectivity index (χ3v) is 5.50. The molecule has 7 heteroatoms. The van der Waals surface area contributed by atoms with Crippen LogP contribution >= 0.6 is 11.6 Å². The number of halogens is 1. The summed E-state index contributed by atoms with van der Waals surface area (Å²) < 4.78 is 6.85. The van der Waals surface area contributed by atoms with Gasteiger partial charge < -0.3 is 10.1 Å². The van der Waals surface area contributed by atoms with Crippen LogP contribution in [0.1, 0.15) is 55.1 Å². The molecule has 1 saturated carbocycles. The lowest BCUT2D eigenvalue weighted by molar-refractivity contribution is -0.129. The van der Waals surface area contributed by atoms with Crippen LogP contribution in [-0.2, 0) is 9.53 Å². The van der Waals surface area contributed by atoms with Crippen molar-refractivity contribution in [1.29, 1.82) is 0 Å². The Hall–Kier alpha value is -2.34. The standard InChI is InChI=1S/C21H26ClN3O3/c1-14-18(19(22)25(24-14)17-11-7-4-8-12-17)21(27)28-15(2)20(26)23-13-16-9-5-3-6-10-16/h4,7-8,11-12,15-16H,3,5-6,9-10,13H2,1-2H3,(H,23,26). The molecule has 1 atom stereocenters. The maximum absolute atomic E-state index is 12.6. The van der Waals surface area contributed by atoms with Crippen LogP contribution in [0.3, 0.4) is 0 Å². The summed E-state index contributed by atoms with van der Waals surface area (Å²) in [5.74, 6) is -0.422. The molecule has 0 spiro atoms. The Labute approximate surface area is 170 Å². The first-order valence-corrected chi connectivity index (χ1v) is 10.1. The van der Waals surface area contributed by atoms with Gasteiger partial charge in [-0.25, -0.2) is 9.48 Å². The molecule has 1 aliphatic rings. The van der Waals surface area contributed by atoms with Crippen molar-refractivity contribution in [1.82, 2.24) is 15.1 Å². The van der Waals surface area contributed by atoms with E-state index < -0.39 is 12.1 Å². The lowest BCUT2D eigenvalue weighted by Gasteiger charge is -2.22. The van der Waals surface area contributed by atoms with Gasteiger partial charge in [-0.1, -0.05) is 49.1 Å². The molecule has 28 heavy (non-hydrogen) atoms. The number of aromatic nitrogens is 2. The van der Waals surface area contributed by atoms with E-state index in [1.807, 2.05) is 30.3 Å². The highest BCUT2D eigenvalue weighted by atomic mass is 35.5. The zero-order chi connectivity index (χ0) is 20.1. The van der Waals surface area contributed by atoms with Crippen molar-refractivity contribution in [3.63, 3.8) is 0 Å². The second-order valence-electron chi connectivity index (χ2n) is 7.30. The molecular weight excluding hydrogens is 378 g/mol.